The summed E-state index contributed by atoms with van der Waals surface area (Å²) < 4.78 is 5.42. The fourth-order valence-corrected chi connectivity index (χ4v) is 2.66. The highest BCUT2D eigenvalue weighted by atomic mass is 16.5. The highest BCUT2D eigenvalue weighted by molar-refractivity contribution is 5.81. The quantitative estimate of drug-likeness (QED) is 0.775. The van der Waals surface area contributed by atoms with Gasteiger partial charge in [-0.05, 0) is 38.0 Å². The van der Waals surface area contributed by atoms with E-state index >= 15 is 0 Å². The van der Waals surface area contributed by atoms with Crippen LogP contribution < -0.4 is 0 Å². The van der Waals surface area contributed by atoms with E-state index in [0.29, 0.717) is 5.92 Å². The minimum atomic E-state index is -0.187. The minimum Gasteiger partial charge on any atom is -0.396 e. The number of ether oxygens (including phenoxy) is 1. The average molecular weight is 227 g/mol. The van der Waals surface area contributed by atoms with Gasteiger partial charge in [0, 0.05) is 26.3 Å². The molecule has 0 saturated carbocycles. The lowest BCUT2D eigenvalue weighted by Crippen LogP contribution is -2.44. The molecule has 0 radical (unpaired) electrons. The van der Waals surface area contributed by atoms with Gasteiger partial charge in [-0.15, -0.1) is 0 Å². The molecule has 4 heteroatoms. The summed E-state index contributed by atoms with van der Waals surface area (Å²) in [5, 5.41) is 8.93. The second-order valence-corrected chi connectivity index (χ2v) is 4.81. The van der Waals surface area contributed by atoms with Gasteiger partial charge in [-0.2, -0.15) is 0 Å². The van der Waals surface area contributed by atoms with Crippen LogP contribution in [0.4, 0.5) is 0 Å². The molecular formula is C12H21NO3. The van der Waals surface area contributed by atoms with E-state index in [0.717, 1.165) is 51.8 Å². The summed E-state index contributed by atoms with van der Waals surface area (Å²) in [7, 11) is 0. The molecule has 2 aliphatic rings. The summed E-state index contributed by atoms with van der Waals surface area (Å²) >= 11 is 0. The van der Waals surface area contributed by atoms with Crippen molar-refractivity contribution in [2.24, 2.45) is 5.92 Å². The number of aliphatic hydroxyl groups excluding tert-OH is 1. The summed E-state index contributed by atoms with van der Waals surface area (Å²) in [6.07, 6.45) is 4.70. The molecule has 2 aliphatic heterocycles. The predicted molar refractivity (Wildman–Crippen MR) is 60.0 cm³/mol. The third kappa shape index (κ3) is 2.74. The highest BCUT2D eigenvalue weighted by Gasteiger charge is 2.31. The Kier molecular flexibility index (Phi) is 4.18. The molecule has 2 rings (SSSR count). The molecule has 16 heavy (non-hydrogen) atoms. The van der Waals surface area contributed by atoms with Gasteiger partial charge in [0.05, 0.1) is 0 Å². The molecule has 2 heterocycles. The van der Waals surface area contributed by atoms with E-state index in [1.807, 2.05) is 4.90 Å². The Morgan fingerprint density at radius 3 is 2.94 bits per heavy atom. The Balaban J connectivity index is 1.85. The molecule has 0 spiro atoms. The van der Waals surface area contributed by atoms with Crippen LogP contribution in [0.15, 0.2) is 0 Å². The van der Waals surface area contributed by atoms with Gasteiger partial charge < -0.3 is 14.7 Å². The van der Waals surface area contributed by atoms with E-state index in [2.05, 4.69) is 0 Å². The van der Waals surface area contributed by atoms with Crippen molar-refractivity contribution >= 4 is 5.91 Å². The molecule has 2 saturated heterocycles. The molecule has 92 valence electrons. The maximum atomic E-state index is 12.1. The molecule has 0 aromatic heterocycles. The van der Waals surface area contributed by atoms with Crippen LogP contribution in [-0.4, -0.2) is 48.3 Å². The molecule has 2 unspecified atom stereocenters. The third-order valence-corrected chi connectivity index (χ3v) is 3.57. The van der Waals surface area contributed by atoms with Gasteiger partial charge in [0.1, 0.15) is 6.10 Å². The Bertz CT molecular complexity index is 236. The number of hydrogen-bond acceptors (Lipinski definition) is 3. The van der Waals surface area contributed by atoms with Gasteiger partial charge >= 0.3 is 0 Å². The standard InChI is InChI=1S/C12H21NO3/c14-7-5-10-3-1-6-13(9-10)12(15)11-4-2-8-16-11/h10-11,14H,1-9H2. The van der Waals surface area contributed by atoms with Crippen molar-refractivity contribution in [3.8, 4) is 0 Å². The van der Waals surface area contributed by atoms with Crippen LogP contribution in [0.2, 0.25) is 0 Å². The van der Waals surface area contributed by atoms with Crippen LogP contribution in [0.1, 0.15) is 32.1 Å². The van der Waals surface area contributed by atoms with Gasteiger partial charge in [-0.25, -0.2) is 0 Å². The number of rotatable bonds is 3. The lowest BCUT2D eigenvalue weighted by atomic mass is 9.95. The molecule has 2 atom stereocenters. The Morgan fingerprint density at radius 1 is 1.38 bits per heavy atom. The zero-order valence-corrected chi connectivity index (χ0v) is 9.73. The molecule has 4 nitrogen and oxygen atoms in total. The van der Waals surface area contributed by atoms with Crippen LogP contribution in [0, 0.1) is 5.92 Å². The smallest absolute Gasteiger partial charge is 0.251 e. The zero-order valence-electron chi connectivity index (χ0n) is 9.73. The summed E-state index contributed by atoms with van der Waals surface area (Å²) in [4.78, 5) is 14.0. The van der Waals surface area contributed by atoms with Gasteiger partial charge in [-0.3, -0.25) is 4.79 Å². The second-order valence-electron chi connectivity index (χ2n) is 4.81. The molecular weight excluding hydrogens is 206 g/mol. The van der Waals surface area contributed by atoms with Crippen molar-refractivity contribution in [2.45, 2.75) is 38.2 Å². The van der Waals surface area contributed by atoms with Crippen molar-refractivity contribution in [1.82, 2.24) is 4.90 Å². The summed E-state index contributed by atoms with van der Waals surface area (Å²) in [6.45, 7) is 2.62. The molecule has 1 N–H and O–H groups in total. The summed E-state index contributed by atoms with van der Waals surface area (Å²) in [5.41, 5.74) is 0. The molecule has 0 aliphatic carbocycles. The van der Waals surface area contributed by atoms with Crippen molar-refractivity contribution < 1.29 is 14.6 Å². The second kappa shape index (κ2) is 5.64. The highest BCUT2D eigenvalue weighted by Crippen LogP contribution is 2.22. The van der Waals surface area contributed by atoms with E-state index in [1.54, 1.807) is 0 Å². The number of carbonyl (C=O) groups is 1. The van der Waals surface area contributed by atoms with Gasteiger partial charge in [-0.1, -0.05) is 0 Å². The van der Waals surface area contributed by atoms with E-state index in [9.17, 15) is 4.79 Å². The number of amides is 1. The minimum absolute atomic E-state index is 0.167. The number of carbonyl (C=O) groups excluding carboxylic acids is 1. The first-order chi connectivity index (χ1) is 7.81. The van der Waals surface area contributed by atoms with Crippen LogP contribution in [-0.2, 0) is 9.53 Å². The van der Waals surface area contributed by atoms with Crippen LogP contribution in [0.5, 0.6) is 0 Å². The van der Waals surface area contributed by atoms with Crippen molar-refractivity contribution in [2.75, 3.05) is 26.3 Å². The van der Waals surface area contributed by atoms with Gasteiger partial charge in [0.15, 0.2) is 0 Å². The molecule has 0 aromatic rings. The largest absolute Gasteiger partial charge is 0.396 e. The average Bonchev–Trinajstić information content (AvgIpc) is 2.82. The molecule has 2 fully saturated rings. The predicted octanol–water partition coefficient (Wildman–Crippen LogP) is 0.786. The Hall–Kier alpha value is -0.610. The normalized spacial score (nSPS) is 30.7. The monoisotopic (exact) mass is 227 g/mol. The molecule has 0 bridgehead atoms. The number of likely N-dealkylation sites (tertiary alicyclic amines) is 1. The fraction of sp³-hybridized carbons (Fsp3) is 0.917. The van der Waals surface area contributed by atoms with Crippen LogP contribution in [0.3, 0.4) is 0 Å². The fourth-order valence-electron chi connectivity index (χ4n) is 2.66. The van der Waals surface area contributed by atoms with E-state index in [1.165, 1.54) is 0 Å². The first kappa shape index (κ1) is 11.9. The van der Waals surface area contributed by atoms with Crippen molar-refractivity contribution in [3.63, 3.8) is 0 Å². The summed E-state index contributed by atoms with van der Waals surface area (Å²) in [6, 6.07) is 0. The number of nitrogens with zero attached hydrogens (tertiary/aromatic N) is 1. The van der Waals surface area contributed by atoms with Crippen molar-refractivity contribution in [1.29, 1.82) is 0 Å². The van der Waals surface area contributed by atoms with E-state index in [-0.39, 0.29) is 18.6 Å². The molecule has 0 aromatic carbocycles. The van der Waals surface area contributed by atoms with Gasteiger partial charge in [0.2, 0.25) is 0 Å². The third-order valence-electron chi connectivity index (χ3n) is 3.57. The van der Waals surface area contributed by atoms with Crippen LogP contribution >= 0.6 is 0 Å². The Morgan fingerprint density at radius 2 is 2.25 bits per heavy atom. The summed E-state index contributed by atoms with van der Waals surface area (Å²) in [5.74, 6) is 0.643. The Labute approximate surface area is 96.6 Å². The number of aliphatic hydroxyl groups is 1. The first-order valence-corrected chi connectivity index (χ1v) is 6.32. The van der Waals surface area contributed by atoms with Crippen molar-refractivity contribution in [3.05, 3.63) is 0 Å². The maximum Gasteiger partial charge on any atom is 0.251 e. The zero-order chi connectivity index (χ0) is 11.4. The lowest BCUT2D eigenvalue weighted by molar-refractivity contribution is -0.142. The maximum absolute atomic E-state index is 12.1. The van der Waals surface area contributed by atoms with E-state index < -0.39 is 0 Å². The molecule has 1 amide bonds. The first-order valence-electron chi connectivity index (χ1n) is 6.32. The topological polar surface area (TPSA) is 49.8 Å². The SMILES string of the molecule is O=C(C1CCCO1)N1CCCC(CCO)C1. The van der Waals surface area contributed by atoms with Gasteiger partial charge in [0.25, 0.3) is 5.91 Å². The number of hydrogen-bond donors (Lipinski definition) is 1. The van der Waals surface area contributed by atoms with Crippen LogP contribution in [0.25, 0.3) is 0 Å². The lowest BCUT2D eigenvalue weighted by Gasteiger charge is -2.33. The number of piperidine rings is 1. The van der Waals surface area contributed by atoms with E-state index in [4.69, 9.17) is 9.84 Å².